The van der Waals surface area contributed by atoms with Crippen LogP contribution in [0.3, 0.4) is 0 Å². The first-order valence-electron chi connectivity index (χ1n) is 8.18. The van der Waals surface area contributed by atoms with Gasteiger partial charge in [-0.3, -0.25) is 10.1 Å². The molecular weight excluding hydrogens is 268 g/mol. The van der Waals surface area contributed by atoms with Crippen LogP contribution in [0.5, 0.6) is 0 Å². The smallest absolute Gasteiger partial charge is 0.326 e. The second kappa shape index (κ2) is 8.71. The summed E-state index contributed by atoms with van der Waals surface area (Å²) in [7, 11) is 2.11. The highest BCUT2D eigenvalue weighted by Gasteiger charge is 2.47. The van der Waals surface area contributed by atoms with E-state index in [9.17, 15) is 4.79 Å². The molecule has 0 aliphatic heterocycles. The lowest BCUT2D eigenvalue weighted by Gasteiger charge is -2.32. The van der Waals surface area contributed by atoms with Crippen LogP contribution in [0.4, 0.5) is 0 Å². The molecule has 0 radical (unpaired) electrons. The van der Waals surface area contributed by atoms with Gasteiger partial charge in [0, 0.05) is 25.2 Å². The third-order valence-corrected chi connectivity index (χ3v) is 4.14. The van der Waals surface area contributed by atoms with Crippen LogP contribution in [-0.2, 0) is 14.3 Å². The highest BCUT2D eigenvalue weighted by Crippen LogP contribution is 2.34. The highest BCUT2D eigenvalue weighted by molar-refractivity contribution is 5.81. The number of rotatable bonds is 9. The van der Waals surface area contributed by atoms with Crippen molar-refractivity contribution in [3.63, 3.8) is 0 Å². The summed E-state index contributed by atoms with van der Waals surface area (Å²) in [5.74, 6) is -0.0978. The van der Waals surface area contributed by atoms with Crippen LogP contribution in [0.25, 0.3) is 0 Å². The van der Waals surface area contributed by atoms with Gasteiger partial charge in [-0.05, 0) is 54.0 Å². The van der Waals surface area contributed by atoms with Gasteiger partial charge in [-0.1, -0.05) is 0 Å². The predicted octanol–water partition coefficient (Wildman–Crippen LogP) is 1.81. The summed E-state index contributed by atoms with van der Waals surface area (Å²) in [5, 5.41) is 3.46. The van der Waals surface area contributed by atoms with E-state index >= 15 is 0 Å². The Labute approximate surface area is 129 Å². The Morgan fingerprint density at radius 3 is 2.67 bits per heavy atom. The summed E-state index contributed by atoms with van der Waals surface area (Å²) in [6.45, 7) is 10.9. The Morgan fingerprint density at radius 2 is 2.10 bits per heavy atom. The van der Waals surface area contributed by atoms with Gasteiger partial charge in [0.25, 0.3) is 0 Å². The molecule has 0 spiro atoms. The Morgan fingerprint density at radius 1 is 1.38 bits per heavy atom. The average molecular weight is 300 g/mol. The molecule has 0 aromatic heterocycles. The maximum atomic E-state index is 12.4. The first-order chi connectivity index (χ1) is 9.95. The van der Waals surface area contributed by atoms with Crippen LogP contribution in [0.2, 0.25) is 0 Å². The summed E-state index contributed by atoms with van der Waals surface area (Å²) in [6.07, 6.45) is 2.67. The molecule has 1 rings (SSSR count). The Balaban J connectivity index is 2.64. The molecule has 1 fully saturated rings. The quantitative estimate of drug-likeness (QED) is 0.520. The number of nitrogens with one attached hydrogen (secondary N) is 1. The molecule has 1 N–H and O–H groups in total. The number of carbonyl (C=O) groups is 1. The predicted molar refractivity (Wildman–Crippen MR) is 84.4 cm³/mol. The van der Waals surface area contributed by atoms with E-state index < -0.39 is 5.54 Å². The second-order valence-electron chi connectivity index (χ2n) is 6.18. The van der Waals surface area contributed by atoms with Crippen molar-refractivity contribution in [2.45, 2.75) is 64.6 Å². The van der Waals surface area contributed by atoms with E-state index in [0.29, 0.717) is 12.6 Å². The number of ether oxygens (including phenoxy) is 2. The molecule has 2 unspecified atom stereocenters. The number of hydrogen-bond donors (Lipinski definition) is 1. The molecule has 1 aliphatic rings. The van der Waals surface area contributed by atoms with Crippen LogP contribution >= 0.6 is 0 Å². The number of carbonyl (C=O) groups excluding carboxylic acids is 1. The SMILES string of the molecule is CCOCCN(C)C1CCC(NC(C)C)(C(=O)OCC)C1. The van der Waals surface area contributed by atoms with Crippen molar-refractivity contribution < 1.29 is 14.3 Å². The van der Waals surface area contributed by atoms with Crippen LogP contribution in [0, 0.1) is 0 Å². The largest absolute Gasteiger partial charge is 0.465 e. The van der Waals surface area contributed by atoms with Crippen LogP contribution < -0.4 is 5.32 Å². The summed E-state index contributed by atoms with van der Waals surface area (Å²) in [6, 6.07) is 0.669. The maximum Gasteiger partial charge on any atom is 0.326 e. The third-order valence-electron chi connectivity index (χ3n) is 4.14. The summed E-state index contributed by atoms with van der Waals surface area (Å²) in [5.41, 5.74) is -0.519. The molecule has 1 aliphatic carbocycles. The Kier molecular flexibility index (Phi) is 7.63. The third kappa shape index (κ3) is 5.24. The molecular formula is C16H32N2O3. The minimum Gasteiger partial charge on any atom is -0.465 e. The van der Waals surface area contributed by atoms with Gasteiger partial charge in [0.1, 0.15) is 5.54 Å². The molecule has 0 bridgehead atoms. The topological polar surface area (TPSA) is 50.8 Å². The average Bonchev–Trinajstić information content (AvgIpc) is 2.84. The van der Waals surface area contributed by atoms with Crippen molar-refractivity contribution in [3.8, 4) is 0 Å². The molecule has 1 saturated carbocycles. The Hall–Kier alpha value is -0.650. The molecule has 5 nitrogen and oxygen atoms in total. The lowest BCUT2D eigenvalue weighted by molar-refractivity contribution is -0.151. The Bertz CT molecular complexity index is 323. The zero-order valence-electron chi connectivity index (χ0n) is 14.3. The summed E-state index contributed by atoms with van der Waals surface area (Å²) >= 11 is 0. The van der Waals surface area contributed by atoms with E-state index in [1.807, 2.05) is 13.8 Å². The van der Waals surface area contributed by atoms with Crippen molar-refractivity contribution in [2.75, 3.05) is 33.4 Å². The van der Waals surface area contributed by atoms with Gasteiger partial charge in [-0.25, -0.2) is 0 Å². The molecule has 21 heavy (non-hydrogen) atoms. The molecule has 0 saturated heterocycles. The van der Waals surface area contributed by atoms with Crippen molar-refractivity contribution in [2.24, 2.45) is 0 Å². The van der Waals surface area contributed by atoms with Crippen molar-refractivity contribution in [1.82, 2.24) is 10.2 Å². The van der Waals surface area contributed by atoms with Gasteiger partial charge in [0.15, 0.2) is 0 Å². The maximum absolute atomic E-state index is 12.4. The zero-order chi connectivity index (χ0) is 15.9. The minimum atomic E-state index is -0.519. The fourth-order valence-corrected chi connectivity index (χ4v) is 3.13. The number of nitrogens with zero attached hydrogens (tertiary/aromatic N) is 1. The minimum absolute atomic E-state index is 0.0978. The number of likely N-dealkylation sites (N-methyl/N-ethyl adjacent to an activating group) is 1. The monoisotopic (exact) mass is 300 g/mol. The van der Waals surface area contributed by atoms with Crippen LogP contribution in [0.15, 0.2) is 0 Å². The fourth-order valence-electron chi connectivity index (χ4n) is 3.13. The molecule has 5 heteroatoms. The van der Waals surface area contributed by atoms with Gasteiger partial charge in [0.2, 0.25) is 0 Å². The first kappa shape index (κ1) is 18.4. The van der Waals surface area contributed by atoms with E-state index in [0.717, 1.165) is 39.0 Å². The van der Waals surface area contributed by atoms with E-state index in [2.05, 4.69) is 31.1 Å². The van der Waals surface area contributed by atoms with Crippen LogP contribution in [0.1, 0.15) is 47.0 Å². The summed E-state index contributed by atoms with van der Waals surface area (Å²) in [4.78, 5) is 14.7. The molecule has 124 valence electrons. The highest BCUT2D eigenvalue weighted by atomic mass is 16.5. The number of hydrogen-bond acceptors (Lipinski definition) is 5. The normalized spacial score (nSPS) is 25.8. The molecule has 0 aromatic carbocycles. The van der Waals surface area contributed by atoms with E-state index in [1.54, 1.807) is 0 Å². The molecule has 0 aromatic rings. The molecule has 0 heterocycles. The van der Waals surface area contributed by atoms with E-state index in [4.69, 9.17) is 9.47 Å². The van der Waals surface area contributed by atoms with Gasteiger partial charge in [0.05, 0.1) is 13.2 Å². The van der Waals surface area contributed by atoms with Gasteiger partial charge >= 0.3 is 5.97 Å². The lowest BCUT2D eigenvalue weighted by Crippen LogP contribution is -2.54. The lowest BCUT2D eigenvalue weighted by atomic mass is 9.96. The standard InChI is InChI=1S/C16H32N2O3/c1-6-20-11-10-18(5)14-8-9-16(12-14,17-13(3)4)15(19)21-7-2/h13-14,17H,6-12H2,1-5H3. The number of esters is 1. The van der Waals surface area contributed by atoms with Crippen LogP contribution in [-0.4, -0.2) is 61.9 Å². The van der Waals surface area contributed by atoms with E-state index in [1.165, 1.54) is 0 Å². The first-order valence-corrected chi connectivity index (χ1v) is 8.18. The second-order valence-corrected chi connectivity index (χ2v) is 6.18. The summed E-state index contributed by atoms with van der Waals surface area (Å²) < 4.78 is 10.7. The zero-order valence-corrected chi connectivity index (χ0v) is 14.3. The molecule has 0 amide bonds. The van der Waals surface area contributed by atoms with Crippen molar-refractivity contribution in [1.29, 1.82) is 0 Å². The van der Waals surface area contributed by atoms with Gasteiger partial charge in [-0.2, -0.15) is 0 Å². The van der Waals surface area contributed by atoms with Crippen molar-refractivity contribution in [3.05, 3.63) is 0 Å². The van der Waals surface area contributed by atoms with Gasteiger partial charge in [-0.15, -0.1) is 0 Å². The van der Waals surface area contributed by atoms with Crippen molar-refractivity contribution >= 4 is 5.97 Å². The van der Waals surface area contributed by atoms with E-state index in [-0.39, 0.29) is 12.0 Å². The molecule has 2 atom stereocenters. The van der Waals surface area contributed by atoms with Gasteiger partial charge < -0.3 is 14.4 Å². The fraction of sp³-hybridized carbons (Fsp3) is 0.938.